The summed E-state index contributed by atoms with van der Waals surface area (Å²) in [7, 11) is -6.56. The Morgan fingerprint density at radius 3 is 2.66 bits per heavy atom. The average molecular weight is 607 g/mol. The number of hydrogen-bond donors (Lipinski definition) is 3. The number of fused-ring (bicyclic) bond motifs is 1. The summed E-state index contributed by atoms with van der Waals surface area (Å²) in [6, 6.07) is 9.12. The molecule has 1 saturated heterocycles. The Labute approximate surface area is 240 Å². The molecule has 0 radical (unpaired) electrons. The van der Waals surface area contributed by atoms with Gasteiger partial charge in [-0.2, -0.15) is 0 Å². The van der Waals surface area contributed by atoms with Crippen LogP contribution in [-0.2, 0) is 29.6 Å². The molecule has 0 saturated carbocycles. The number of amides is 1. The zero-order valence-electron chi connectivity index (χ0n) is 24.2. The number of carbonyl (C=O) groups excluding carboxylic acids is 1. The molecule has 13 nitrogen and oxygen atoms in total. The number of anilines is 1. The Bertz CT molecular complexity index is 1400. The molecule has 15 heteroatoms. The Balaban J connectivity index is 1.48. The summed E-state index contributed by atoms with van der Waals surface area (Å²) in [5.74, 6) is -1.01. The predicted octanol–water partition coefficient (Wildman–Crippen LogP) is 4.56. The summed E-state index contributed by atoms with van der Waals surface area (Å²) in [6.07, 6.45) is 0.121. The molecule has 1 amide bonds. The van der Waals surface area contributed by atoms with Crippen LogP contribution in [0.25, 0.3) is 11.2 Å². The van der Waals surface area contributed by atoms with Gasteiger partial charge in [-0.1, -0.05) is 51.1 Å². The van der Waals surface area contributed by atoms with Gasteiger partial charge in [-0.05, 0) is 30.6 Å². The van der Waals surface area contributed by atoms with Crippen LogP contribution in [0.2, 0.25) is 18.1 Å². The first-order chi connectivity index (χ1) is 19.2. The first-order valence-electron chi connectivity index (χ1n) is 13.4. The van der Waals surface area contributed by atoms with E-state index in [2.05, 4.69) is 54.1 Å². The Hall–Kier alpha value is -2.87. The molecule has 41 heavy (non-hydrogen) atoms. The number of ether oxygens (including phenoxy) is 2. The third-order valence-corrected chi connectivity index (χ3v) is 13.8. The molecule has 1 fully saturated rings. The zero-order chi connectivity index (χ0) is 30.0. The highest BCUT2D eigenvalue weighted by Gasteiger charge is 2.45. The van der Waals surface area contributed by atoms with Crippen molar-refractivity contribution in [1.29, 1.82) is 0 Å². The van der Waals surface area contributed by atoms with Crippen molar-refractivity contribution in [2.45, 2.75) is 83.1 Å². The molecule has 0 aliphatic carbocycles. The van der Waals surface area contributed by atoms with E-state index in [9.17, 15) is 14.3 Å². The standard InChI is InChI=1S/C26H39N6O7PSi/c1-17(31-25(33)36-13-18-10-8-7-9-11-18)40(34,35)39-19-12-21(32-16-30-22-23(27)28-15-29-24(22)32)38-20(19)14-37-41(5,6)26(2,3)4/h7-11,15-17,19-21H,12-14H2,1-6H3,(H,31,33)(H,34,35)(H2,27,28,29)/t17?,19-,20+,21+/m0/s1. The summed E-state index contributed by atoms with van der Waals surface area (Å²) >= 11 is 0. The topological polar surface area (TPSA) is 173 Å². The van der Waals surface area contributed by atoms with E-state index in [4.69, 9.17) is 24.2 Å². The van der Waals surface area contributed by atoms with E-state index in [1.54, 1.807) is 10.9 Å². The molecule has 4 N–H and O–H groups in total. The van der Waals surface area contributed by atoms with E-state index >= 15 is 0 Å². The normalized spacial score (nSPS) is 21.9. The summed E-state index contributed by atoms with van der Waals surface area (Å²) in [5.41, 5.74) is 7.63. The molecule has 2 aromatic heterocycles. The molecular formula is C26H39N6O7PSi. The second-order valence-corrected chi connectivity index (χ2v) is 18.5. The van der Waals surface area contributed by atoms with E-state index in [0.29, 0.717) is 11.2 Å². The van der Waals surface area contributed by atoms with Crippen molar-refractivity contribution in [2.24, 2.45) is 0 Å². The summed E-state index contributed by atoms with van der Waals surface area (Å²) in [6.45, 7) is 12.2. The van der Waals surface area contributed by atoms with E-state index < -0.39 is 46.2 Å². The van der Waals surface area contributed by atoms with E-state index in [1.165, 1.54) is 13.3 Å². The van der Waals surface area contributed by atoms with Gasteiger partial charge in [0.2, 0.25) is 0 Å². The van der Waals surface area contributed by atoms with Crippen LogP contribution >= 0.6 is 7.60 Å². The first kappa shape index (κ1) is 31.1. The second kappa shape index (κ2) is 12.2. The van der Waals surface area contributed by atoms with Crippen LogP contribution in [0, 0.1) is 0 Å². The monoisotopic (exact) mass is 606 g/mol. The van der Waals surface area contributed by atoms with Gasteiger partial charge in [0.05, 0.1) is 19.0 Å². The summed E-state index contributed by atoms with van der Waals surface area (Å²) < 4.78 is 38.8. The fourth-order valence-electron chi connectivity index (χ4n) is 4.02. The molecule has 224 valence electrons. The molecule has 3 aromatic rings. The molecule has 4 rings (SSSR count). The van der Waals surface area contributed by atoms with Gasteiger partial charge in [-0.3, -0.25) is 9.13 Å². The van der Waals surface area contributed by atoms with Crippen LogP contribution in [0.4, 0.5) is 10.6 Å². The number of rotatable bonds is 10. The van der Waals surface area contributed by atoms with Gasteiger partial charge in [0.25, 0.3) is 0 Å². The summed E-state index contributed by atoms with van der Waals surface area (Å²) in [4.78, 5) is 35.8. The number of hydrogen-bond acceptors (Lipinski definition) is 10. The largest absolute Gasteiger partial charge is 0.445 e. The van der Waals surface area contributed by atoms with Crippen molar-refractivity contribution in [2.75, 3.05) is 12.3 Å². The highest BCUT2D eigenvalue weighted by molar-refractivity contribution is 7.53. The number of imidazole rings is 1. The predicted molar refractivity (Wildman–Crippen MR) is 155 cm³/mol. The molecule has 1 aliphatic heterocycles. The minimum atomic E-state index is -4.38. The van der Waals surface area contributed by atoms with Gasteiger partial charge < -0.3 is 34.4 Å². The summed E-state index contributed by atoms with van der Waals surface area (Å²) in [5, 5.41) is 2.36. The van der Waals surface area contributed by atoms with E-state index in [1.807, 2.05) is 30.3 Å². The maximum atomic E-state index is 13.4. The molecule has 1 aromatic carbocycles. The third-order valence-electron chi connectivity index (χ3n) is 7.61. The van der Waals surface area contributed by atoms with Gasteiger partial charge in [0.15, 0.2) is 19.8 Å². The molecule has 5 atom stereocenters. The molecular weight excluding hydrogens is 567 g/mol. The van der Waals surface area contributed by atoms with Crippen molar-refractivity contribution in [3.63, 3.8) is 0 Å². The fourth-order valence-corrected chi connectivity index (χ4v) is 6.10. The van der Waals surface area contributed by atoms with Crippen molar-refractivity contribution in [3.8, 4) is 0 Å². The zero-order valence-corrected chi connectivity index (χ0v) is 26.1. The number of nitrogens with one attached hydrogen (secondary N) is 1. The number of nitrogens with zero attached hydrogens (tertiary/aromatic N) is 4. The lowest BCUT2D eigenvalue weighted by molar-refractivity contribution is -0.0380. The van der Waals surface area contributed by atoms with Crippen LogP contribution in [0.1, 0.15) is 45.9 Å². The number of nitrogens with two attached hydrogens (primary N) is 1. The quantitative estimate of drug-likeness (QED) is 0.218. The Morgan fingerprint density at radius 1 is 1.27 bits per heavy atom. The number of alkyl carbamates (subject to hydrolysis) is 1. The van der Waals surface area contributed by atoms with Crippen molar-refractivity contribution < 1.29 is 32.7 Å². The molecule has 0 spiro atoms. The lowest BCUT2D eigenvalue weighted by Crippen LogP contribution is -2.44. The maximum absolute atomic E-state index is 13.4. The minimum absolute atomic E-state index is 0.0217. The Kier molecular flexibility index (Phi) is 9.21. The van der Waals surface area contributed by atoms with E-state index in [-0.39, 0.29) is 30.5 Å². The average Bonchev–Trinajstić information content (AvgIpc) is 3.50. The van der Waals surface area contributed by atoms with Crippen LogP contribution in [-0.4, -0.2) is 63.4 Å². The van der Waals surface area contributed by atoms with Gasteiger partial charge >= 0.3 is 13.7 Å². The lowest BCUT2D eigenvalue weighted by atomic mass is 10.2. The van der Waals surface area contributed by atoms with Crippen molar-refractivity contribution in [3.05, 3.63) is 48.5 Å². The van der Waals surface area contributed by atoms with Crippen LogP contribution in [0.3, 0.4) is 0 Å². The maximum Gasteiger partial charge on any atom is 0.408 e. The van der Waals surface area contributed by atoms with E-state index in [0.717, 1.165) is 5.56 Å². The molecule has 3 heterocycles. The second-order valence-electron chi connectivity index (χ2n) is 11.6. The van der Waals surface area contributed by atoms with Crippen molar-refractivity contribution in [1.82, 2.24) is 24.8 Å². The highest BCUT2D eigenvalue weighted by Crippen LogP contribution is 2.51. The number of nitrogen functional groups attached to an aromatic ring is 1. The Morgan fingerprint density at radius 2 is 1.98 bits per heavy atom. The number of carbonyl (C=O) groups is 1. The highest BCUT2D eigenvalue weighted by atomic mass is 31.2. The third kappa shape index (κ3) is 7.32. The SMILES string of the molecule is CC(NC(=O)OCc1ccccc1)P(=O)(O)O[C@H]1C[C@H](n2cnc3c(N)ncnc32)O[C@@H]1CO[Si](C)(C)C(C)(C)C. The van der Waals surface area contributed by atoms with Crippen LogP contribution < -0.4 is 11.1 Å². The van der Waals surface area contributed by atoms with Gasteiger partial charge in [-0.15, -0.1) is 0 Å². The van der Waals surface area contributed by atoms with Crippen LogP contribution in [0.5, 0.6) is 0 Å². The van der Waals surface area contributed by atoms with Gasteiger partial charge in [-0.25, -0.2) is 19.7 Å². The van der Waals surface area contributed by atoms with Gasteiger partial charge in [0.1, 0.15) is 36.6 Å². The lowest BCUT2D eigenvalue weighted by Gasteiger charge is -2.37. The smallest absolute Gasteiger partial charge is 0.408 e. The minimum Gasteiger partial charge on any atom is -0.445 e. The molecule has 2 unspecified atom stereocenters. The first-order valence-corrected chi connectivity index (χ1v) is 17.9. The molecule has 0 bridgehead atoms. The number of benzene rings is 1. The number of aromatic nitrogens is 4. The van der Waals surface area contributed by atoms with Crippen molar-refractivity contribution >= 4 is 39.0 Å². The van der Waals surface area contributed by atoms with Crippen LogP contribution in [0.15, 0.2) is 43.0 Å². The molecule has 1 aliphatic rings. The fraction of sp³-hybridized carbons (Fsp3) is 0.538. The van der Waals surface area contributed by atoms with Gasteiger partial charge in [0, 0.05) is 6.42 Å².